The minimum Gasteiger partial charge on any atom is -0.376 e. The molecule has 3 rings (SSSR count). The number of rotatable bonds is 4. The van der Waals surface area contributed by atoms with Gasteiger partial charge in [0.05, 0.1) is 6.54 Å². The Kier molecular flexibility index (Phi) is 4.65. The van der Waals surface area contributed by atoms with Gasteiger partial charge >= 0.3 is 0 Å². The molecule has 0 saturated heterocycles. The summed E-state index contributed by atoms with van der Waals surface area (Å²) in [6.07, 6.45) is 4.77. The highest BCUT2D eigenvalue weighted by Crippen LogP contribution is 2.27. The predicted molar refractivity (Wildman–Crippen MR) is 96.1 cm³/mol. The number of benzene rings is 2. The Morgan fingerprint density at radius 1 is 1.04 bits per heavy atom. The highest BCUT2D eigenvalue weighted by molar-refractivity contribution is 5.94. The third-order valence-electron chi connectivity index (χ3n) is 4.63. The Balaban J connectivity index is 1.62. The van der Waals surface area contributed by atoms with Crippen molar-refractivity contribution >= 4 is 17.3 Å². The summed E-state index contributed by atoms with van der Waals surface area (Å²) in [6, 6.07) is 12.4. The van der Waals surface area contributed by atoms with Gasteiger partial charge in [-0.3, -0.25) is 4.79 Å². The van der Waals surface area contributed by atoms with E-state index in [9.17, 15) is 4.79 Å². The van der Waals surface area contributed by atoms with Crippen LogP contribution in [-0.2, 0) is 17.6 Å². The van der Waals surface area contributed by atoms with E-state index in [1.165, 1.54) is 35.1 Å². The van der Waals surface area contributed by atoms with E-state index >= 15 is 0 Å². The van der Waals surface area contributed by atoms with Crippen LogP contribution in [0.15, 0.2) is 36.4 Å². The second-order valence-corrected chi connectivity index (χ2v) is 6.35. The Hall–Kier alpha value is -2.29. The maximum atomic E-state index is 12.2. The van der Waals surface area contributed by atoms with Crippen LogP contribution in [0.4, 0.5) is 11.4 Å². The third-order valence-corrected chi connectivity index (χ3v) is 4.63. The van der Waals surface area contributed by atoms with Crippen molar-refractivity contribution in [3.8, 4) is 0 Å². The summed E-state index contributed by atoms with van der Waals surface area (Å²) in [7, 11) is 0. The lowest BCUT2D eigenvalue weighted by Gasteiger charge is -2.20. The molecule has 0 aliphatic heterocycles. The number of amides is 1. The summed E-state index contributed by atoms with van der Waals surface area (Å²) < 4.78 is 0. The van der Waals surface area contributed by atoms with E-state index in [4.69, 9.17) is 0 Å². The van der Waals surface area contributed by atoms with Crippen molar-refractivity contribution in [3.05, 3.63) is 58.7 Å². The van der Waals surface area contributed by atoms with Gasteiger partial charge in [0.15, 0.2) is 0 Å². The second-order valence-electron chi connectivity index (χ2n) is 6.35. The molecule has 2 aromatic rings. The summed E-state index contributed by atoms with van der Waals surface area (Å²) in [4.78, 5) is 12.2. The van der Waals surface area contributed by atoms with Gasteiger partial charge in [-0.1, -0.05) is 18.2 Å². The minimum atomic E-state index is -0.0123. The quantitative estimate of drug-likeness (QED) is 0.887. The van der Waals surface area contributed by atoms with Crippen molar-refractivity contribution in [1.82, 2.24) is 0 Å². The highest BCUT2D eigenvalue weighted by Gasteiger charge is 2.13. The molecule has 2 N–H and O–H groups in total. The molecule has 0 fully saturated rings. The lowest BCUT2D eigenvalue weighted by Crippen LogP contribution is -2.22. The van der Waals surface area contributed by atoms with Crippen molar-refractivity contribution in [1.29, 1.82) is 0 Å². The molecule has 0 bridgehead atoms. The van der Waals surface area contributed by atoms with Gasteiger partial charge in [-0.2, -0.15) is 0 Å². The van der Waals surface area contributed by atoms with E-state index in [0.717, 1.165) is 24.2 Å². The maximum Gasteiger partial charge on any atom is 0.243 e. The van der Waals surface area contributed by atoms with Crippen LogP contribution in [0.2, 0.25) is 0 Å². The van der Waals surface area contributed by atoms with Gasteiger partial charge in [0.25, 0.3) is 0 Å². The van der Waals surface area contributed by atoms with Crippen LogP contribution in [-0.4, -0.2) is 12.5 Å². The molecule has 1 aliphatic rings. The first-order valence-corrected chi connectivity index (χ1v) is 8.35. The molecule has 0 aromatic heterocycles. The summed E-state index contributed by atoms with van der Waals surface area (Å²) in [5, 5.41) is 6.27. The minimum absolute atomic E-state index is 0.0123. The summed E-state index contributed by atoms with van der Waals surface area (Å²) in [5.74, 6) is -0.0123. The van der Waals surface area contributed by atoms with E-state index in [1.54, 1.807) is 0 Å². The zero-order chi connectivity index (χ0) is 16.2. The maximum absolute atomic E-state index is 12.2. The fourth-order valence-corrected chi connectivity index (χ4v) is 3.15. The molecular weight excluding hydrogens is 284 g/mol. The molecule has 0 unspecified atom stereocenters. The second kappa shape index (κ2) is 6.86. The van der Waals surface area contributed by atoms with E-state index in [0.29, 0.717) is 6.54 Å². The third kappa shape index (κ3) is 3.73. The standard InChI is InChI=1S/C20H24N2O/c1-14-10-11-17(12-15(14)2)22-20(23)13-21-19-9-5-7-16-6-3-4-8-18(16)19/h5,7,9-12,21H,3-4,6,8,13H2,1-2H3,(H,22,23). The largest absolute Gasteiger partial charge is 0.376 e. The van der Waals surface area contributed by atoms with Gasteiger partial charge in [0, 0.05) is 11.4 Å². The fourth-order valence-electron chi connectivity index (χ4n) is 3.15. The van der Waals surface area contributed by atoms with Crippen molar-refractivity contribution in [2.75, 3.05) is 17.2 Å². The highest BCUT2D eigenvalue weighted by atomic mass is 16.1. The first-order chi connectivity index (χ1) is 11.1. The van der Waals surface area contributed by atoms with Crippen LogP contribution in [0.1, 0.15) is 35.1 Å². The molecule has 23 heavy (non-hydrogen) atoms. The predicted octanol–water partition coefficient (Wildman–Crippen LogP) is 4.23. The SMILES string of the molecule is Cc1ccc(NC(=O)CNc2cccc3c2CCCC3)cc1C. The number of carbonyl (C=O) groups is 1. The fraction of sp³-hybridized carbons (Fsp3) is 0.350. The first-order valence-electron chi connectivity index (χ1n) is 8.35. The Morgan fingerprint density at radius 2 is 1.87 bits per heavy atom. The van der Waals surface area contributed by atoms with Crippen LogP contribution in [0.5, 0.6) is 0 Å². The van der Waals surface area contributed by atoms with E-state index in [-0.39, 0.29) is 5.91 Å². The number of nitrogens with one attached hydrogen (secondary N) is 2. The van der Waals surface area contributed by atoms with Crippen molar-refractivity contribution in [3.63, 3.8) is 0 Å². The van der Waals surface area contributed by atoms with Crippen LogP contribution in [0.3, 0.4) is 0 Å². The number of fused-ring (bicyclic) bond motifs is 1. The number of aryl methyl sites for hydroxylation is 3. The summed E-state index contributed by atoms with van der Waals surface area (Å²) in [5.41, 5.74) is 7.20. The molecule has 2 aromatic carbocycles. The average Bonchev–Trinajstić information content (AvgIpc) is 2.56. The molecule has 3 nitrogen and oxygen atoms in total. The molecule has 0 spiro atoms. The topological polar surface area (TPSA) is 41.1 Å². The normalized spacial score (nSPS) is 13.3. The first kappa shape index (κ1) is 15.6. The Morgan fingerprint density at radius 3 is 2.70 bits per heavy atom. The summed E-state index contributed by atoms with van der Waals surface area (Å²) >= 11 is 0. The number of hydrogen-bond acceptors (Lipinski definition) is 2. The number of anilines is 2. The van der Waals surface area contributed by atoms with Crippen LogP contribution in [0, 0.1) is 13.8 Å². The molecule has 0 saturated carbocycles. The molecule has 0 heterocycles. The lowest BCUT2D eigenvalue weighted by atomic mass is 9.90. The smallest absolute Gasteiger partial charge is 0.243 e. The van der Waals surface area contributed by atoms with E-state index in [1.807, 2.05) is 18.2 Å². The van der Waals surface area contributed by atoms with E-state index in [2.05, 4.69) is 42.7 Å². The van der Waals surface area contributed by atoms with Gasteiger partial charge in [0.1, 0.15) is 0 Å². The van der Waals surface area contributed by atoms with Crippen molar-refractivity contribution in [2.24, 2.45) is 0 Å². The van der Waals surface area contributed by atoms with Gasteiger partial charge < -0.3 is 10.6 Å². The van der Waals surface area contributed by atoms with Crippen molar-refractivity contribution < 1.29 is 4.79 Å². The molecular formula is C20H24N2O. The van der Waals surface area contributed by atoms with Gasteiger partial charge in [-0.25, -0.2) is 0 Å². The molecule has 0 atom stereocenters. The number of carbonyl (C=O) groups excluding carboxylic acids is 1. The Bertz CT molecular complexity index is 722. The molecule has 3 heteroatoms. The van der Waals surface area contributed by atoms with E-state index < -0.39 is 0 Å². The van der Waals surface area contributed by atoms with Crippen LogP contribution >= 0.6 is 0 Å². The molecule has 1 aliphatic carbocycles. The lowest BCUT2D eigenvalue weighted by molar-refractivity contribution is -0.114. The zero-order valence-electron chi connectivity index (χ0n) is 13.9. The molecule has 0 radical (unpaired) electrons. The van der Waals surface area contributed by atoms with Crippen LogP contribution < -0.4 is 10.6 Å². The Labute approximate surface area is 138 Å². The van der Waals surface area contributed by atoms with Crippen molar-refractivity contribution in [2.45, 2.75) is 39.5 Å². The average molecular weight is 308 g/mol. The van der Waals surface area contributed by atoms with Gasteiger partial charge in [0.2, 0.25) is 5.91 Å². The monoisotopic (exact) mass is 308 g/mol. The number of hydrogen-bond donors (Lipinski definition) is 2. The molecule has 120 valence electrons. The zero-order valence-corrected chi connectivity index (χ0v) is 13.9. The molecule has 1 amide bonds. The van der Waals surface area contributed by atoms with Crippen LogP contribution in [0.25, 0.3) is 0 Å². The van der Waals surface area contributed by atoms with Gasteiger partial charge in [-0.05, 0) is 80.0 Å². The summed E-state index contributed by atoms with van der Waals surface area (Å²) in [6.45, 7) is 4.42. The van der Waals surface area contributed by atoms with Gasteiger partial charge in [-0.15, -0.1) is 0 Å².